The van der Waals surface area contributed by atoms with Gasteiger partial charge in [-0.15, -0.1) is 0 Å². The number of benzene rings is 2. The quantitative estimate of drug-likeness (QED) is 0.819. The van der Waals surface area contributed by atoms with E-state index in [1.165, 1.54) is 0 Å². The summed E-state index contributed by atoms with van der Waals surface area (Å²) in [5.41, 5.74) is 0.722. The van der Waals surface area contributed by atoms with Crippen LogP contribution in [0, 0.1) is 11.3 Å². The molecule has 1 atom stereocenters. The number of nitrogens with zero attached hydrogens (tertiary/aromatic N) is 1. The lowest BCUT2D eigenvalue weighted by molar-refractivity contribution is 0.262. The van der Waals surface area contributed by atoms with E-state index in [1.54, 1.807) is 48.5 Å². The molecule has 0 spiro atoms. The Morgan fingerprint density at radius 3 is 2.33 bits per heavy atom. The largest absolute Gasteiger partial charge is 0.471 e. The van der Waals surface area contributed by atoms with Crippen molar-refractivity contribution in [2.45, 2.75) is 6.10 Å². The minimum absolute atomic E-state index is 0.576. The minimum Gasteiger partial charge on any atom is -0.471 e. The van der Waals surface area contributed by atoms with Crippen LogP contribution in [0.1, 0.15) is 11.7 Å². The molecule has 0 saturated carbocycles. The van der Waals surface area contributed by atoms with Crippen LogP contribution in [0.5, 0.6) is 5.75 Å². The second kappa shape index (κ2) is 5.77. The summed E-state index contributed by atoms with van der Waals surface area (Å²) < 4.78 is 5.58. The molecule has 18 heavy (non-hydrogen) atoms. The molecule has 0 aromatic heterocycles. The highest BCUT2D eigenvalue weighted by Crippen LogP contribution is 2.24. The van der Waals surface area contributed by atoms with Crippen LogP contribution < -0.4 is 4.74 Å². The maximum atomic E-state index is 9.14. The lowest BCUT2D eigenvalue weighted by atomic mass is 10.1. The van der Waals surface area contributed by atoms with Crippen LogP contribution in [0.2, 0.25) is 10.0 Å². The van der Waals surface area contributed by atoms with Gasteiger partial charge in [0, 0.05) is 15.6 Å². The molecule has 0 aliphatic heterocycles. The summed E-state index contributed by atoms with van der Waals surface area (Å²) in [5, 5.41) is 10.3. The van der Waals surface area contributed by atoms with E-state index < -0.39 is 6.10 Å². The zero-order valence-electron chi connectivity index (χ0n) is 9.31. The average Bonchev–Trinajstić information content (AvgIpc) is 2.38. The van der Waals surface area contributed by atoms with Crippen LogP contribution in [0.4, 0.5) is 0 Å². The van der Waals surface area contributed by atoms with Crippen LogP contribution in [0.15, 0.2) is 48.5 Å². The molecule has 0 radical (unpaired) electrons. The lowest BCUT2D eigenvalue weighted by Gasteiger charge is -2.12. The first-order valence-electron chi connectivity index (χ1n) is 5.26. The number of halogens is 2. The molecule has 4 heteroatoms. The van der Waals surface area contributed by atoms with E-state index >= 15 is 0 Å². The molecule has 90 valence electrons. The van der Waals surface area contributed by atoms with Crippen molar-refractivity contribution in [2.24, 2.45) is 0 Å². The summed E-state index contributed by atoms with van der Waals surface area (Å²) in [5.74, 6) is 0.589. The molecule has 2 nitrogen and oxygen atoms in total. The van der Waals surface area contributed by atoms with Gasteiger partial charge >= 0.3 is 0 Å². The van der Waals surface area contributed by atoms with Crippen LogP contribution in [-0.4, -0.2) is 0 Å². The monoisotopic (exact) mass is 277 g/mol. The van der Waals surface area contributed by atoms with E-state index in [1.807, 2.05) is 0 Å². The molecular weight excluding hydrogens is 269 g/mol. The van der Waals surface area contributed by atoms with Crippen molar-refractivity contribution in [3.05, 3.63) is 64.1 Å². The van der Waals surface area contributed by atoms with E-state index in [-0.39, 0.29) is 0 Å². The predicted octanol–water partition coefficient (Wildman–Crippen LogP) is 4.64. The molecule has 0 amide bonds. The molecule has 2 aromatic rings. The van der Waals surface area contributed by atoms with Crippen LogP contribution in [0.3, 0.4) is 0 Å². The average molecular weight is 278 g/mol. The van der Waals surface area contributed by atoms with Crippen molar-refractivity contribution < 1.29 is 4.74 Å². The van der Waals surface area contributed by atoms with Gasteiger partial charge in [-0.25, -0.2) is 0 Å². The van der Waals surface area contributed by atoms with Crippen molar-refractivity contribution in [1.29, 1.82) is 5.26 Å². The molecule has 0 N–H and O–H groups in total. The van der Waals surface area contributed by atoms with Crippen molar-refractivity contribution in [3.63, 3.8) is 0 Å². The third-order valence-corrected chi connectivity index (χ3v) is 2.82. The van der Waals surface area contributed by atoms with Crippen LogP contribution in [-0.2, 0) is 0 Å². The van der Waals surface area contributed by atoms with Gasteiger partial charge in [0.2, 0.25) is 6.10 Å². The Labute approximate surface area is 115 Å². The fourth-order valence-electron chi connectivity index (χ4n) is 1.49. The van der Waals surface area contributed by atoms with E-state index in [4.69, 9.17) is 33.2 Å². The molecule has 0 bridgehead atoms. The first-order valence-corrected chi connectivity index (χ1v) is 6.02. The zero-order chi connectivity index (χ0) is 13.0. The van der Waals surface area contributed by atoms with Gasteiger partial charge in [-0.2, -0.15) is 5.26 Å². The van der Waals surface area contributed by atoms with E-state index in [9.17, 15) is 0 Å². The molecule has 0 fully saturated rings. The van der Waals surface area contributed by atoms with Crippen LogP contribution >= 0.6 is 23.2 Å². The summed E-state index contributed by atoms with van der Waals surface area (Å²) in [6.45, 7) is 0. The summed E-state index contributed by atoms with van der Waals surface area (Å²) >= 11 is 11.7. The minimum atomic E-state index is -0.690. The van der Waals surface area contributed by atoms with Gasteiger partial charge in [0.05, 0.1) is 0 Å². The van der Waals surface area contributed by atoms with Gasteiger partial charge in [-0.3, -0.25) is 0 Å². The summed E-state index contributed by atoms with van der Waals surface area (Å²) in [7, 11) is 0. The second-order valence-electron chi connectivity index (χ2n) is 3.64. The number of ether oxygens (including phenoxy) is 1. The highest BCUT2D eigenvalue weighted by Gasteiger charge is 2.12. The van der Waals surface area contributed by atoms with Gasteiger partial charge in [0.15, 0.2) is 0 Å². The van der Waals surface area contributed by atoms with Crippen molar-refractivity contribution in [2.75, 3.05) is 0 Å². The second-order valence-corrected chi connectivity index (χ2v) is 4.51. The lowest BCUT2D eigenvalue weighted by Crippen LogP contribution is -2.04. The number of nitriles is 1. The van der Waals surface area contributed by atoms with Crippen LogP contribution in [0.25, 0.3) is 0 Å². The van der Waals surface area contributed by atoms with E-state index in [0.29, 0.717) is 15.8 Å². The SMILES string of the molecule is N#CC(Oc1ccc(Cl)cc1)c1cccc(Cl)c1. The van der Waals surface area contributed by atoms with Gasteiger partial charge in [-0.1, -0.05) is 35.3 Å². The third-order valence-electron chi connectivity index (χ3n) is 2.34. The van der Waals surface area contributed by atoms with E-state index in [0.717, 1.165) is 5.56 Å². The molecule has 0 aliphatic rings. The molecular formula is C14H9Cl2NO. The Morgan fingerprint density at radius 1 is 1.00 bits per heavy atom. The predicted molar refractivity (Wildman–Crippen MR) is 71.9 cm³/mol. The van der Waals surface area contributed by atoms with Gasteiger partial charge in [0.25, 0.3) is 0 Å². The maximum absolute atomic E-state index is 9.14. The Hall–Kier alpha value is -1.69. The zero-order valence-corrected chi connectivity index (χ0v) is 10.8. The fraction of sp³-hybridized carbons (Fsp3) is 0.0714. The summed E-state index contributed by atoms with van der Waals surface area (Å²) in [6.07, 6.45) is -0.690. The highest BCUT2D eigenvalue weighted by molar-refractivity contribution is 6.30. The Kier molecular flexibility index (Phi) is 4.09. The van der Waals surface area contributed by atoms with Gasteiger partial charge < -0.3 is 4.74 Å². The van der Waals surface area contributed by atoms with Crippen molar-refractivity contribution in [3.8, 4) is 11.8 Å². The smallest absolute Gasteiger partial charge is 0.209 e. The summed E-state index contributed by atoms with van der Waals surface area (Å²) in [6, 6.07) is 16.0. The molecule has 0 heterocycles. The molecule has 0 aliphatic carbocycles. The fourth-order valence-corrected chi connectivity index (χ4v) is 1.81. The molecule has 2 aromatic carbocycles. The standard InChI is InChI=1S/C14H9Cl2NO/c15-11-4-6-13(7-5-11)18-14(9-17)10-2-1-3-12(16)8-10/h1-8,14H. The van der Waals surface area contributed by atoms with Crippen molar-refractivity contribution in [1.82, 2.24) is 0 Å². The first kappa shape index (κ1) is 12.8. The number of rotatable bonds is 3. The topological polar surface area (TPSA) is 33.0 Å². The maximum Gasteiger partial charge on any atom is 0.209 e. The summed E-state index contributed by atoms with van der Waals surface area (Å²) in [4.78, 5) is 0. The van der Waals surface area contributed by atoms with Crippen molar-refractivity contribution >= 4 is 23.2 Å². The third kappa shape index (κ3) is 3.16. The van der Waals surface area contributed by atoms with E-state index in [2.05, 4.69) is 6.07 Å². The molecule has 1 unspecified atom stereocenters. The highest BCUT2D eigenvalue weighted by atomic mass is 35.5. The Bertz CT molecular complexity index is 575. The first-order chi connectivity index (χ1) is 8.69. The Balaban J connectivity index is 2.20. The molecule has 2 rings (SSSR count). The number of hydrogen-bond donors (Lipinski definition) is 0. The number of hydrogen-bond acceptors (Lipinski definition) is 2. The molecule has 0 saturated heterocycles. The normalized spacial score (nSPS) is 11.6. The van der Waals surface area contributed by atoms with Gasteiger partial charge in [-0.05, 0) is 36.4 Å². The Morgan fingerprint density at radius 2 is 1.72 bits per heavy atom. The van der Waals surface area contributed by atoms with Gasteiger partial charge in [0.1, 0.15) is 11.8 Å².